The van der Waals surface area contributed by atoms with Gasteiger partial charge in [0.25, 0.3) is 0 Å². The van der Waals surface area contributed by atoms with E-state index < -0.39 is 0 Å². The fraction of sp³-hybridized carbons (Fsp3) is 0.538. The lowest BCUT2D eigenvalue weighted by atomic mass is 10.2. The Morgan fingerprint density at radius 3 is 2.44 bits per heavy atom. The summed E-state index contributed by atoms with van der Waals surface area (Å²) < 4.78 is 0. The molecule has 16 heavy (non-hydrogen) atoms. The van der Waals surface area contributed by atoms with Crippen molar-refractivity contribution in [2.75, 3.05) is 6.54 Å². The molecule has 1 aromatic carbocycles. The normalized spacial score (nSPS) is 14.8. The molecule has 2 atom stereocenters. The molecule has 0 aliphatic carbocycles. The summed E-state index contributed by atoms with van der Waals surface area (Å²) in [4.78, 5) is 1.28. The number of hydrogen-bond acceptors (Lipinski definition) is 2. The Morgan fingerprint density at radius 2 is 1.88 bits per heavy atom. The van der Waals surface area contributed by atoms with Gasteiger partial charge in [0.15, 0.2) is 0 Å². The van der Waals surface area contributed by atoms with Gasteiger partial charge in [-0.2, -0.15) is 0 Å². The number of thioether (sulfide) groups is 1. The predicted octanol–water partition coefficient (Wildman–Crippen LogP) is 4.21. The van der Waals surface area contributed by atoms with Crippen LogP contribution < -0.4 is 5.32 Å². The Hall–Kier alpha value is -0.180. The molecule has 0 saturated heterocycles. The van der Waals surface area contributed by atoms with E-state index in [1.54, 1.807) is 0 Å². The SMILES string of the molecule is CCCNC(C)C(C)Sc1ccc(Cl)cc1. The largest absolute Gasteiger partial charge is 0.313 e. The van der Waals surface area contributed by atoms with Crippen LogP contribution in [-0.4, -0.2) is 17.8 Å². The van der Waals surface area contributed by atoms with Crippen LogP contribution in [0.3, 0.4) is 0 Å². The van der Waals surface area contributed by atoms with Gasteiger partial charge in [0.05, 0.1) is 0 Å². The van der Waals surface area contributed by atoms with E-state index in [9.17, 15) is 0 Å². The topological polar surface area (TPSA) is 12.0 Å². The molecule has 1 rings (SSSR count). The molecule has 3 heteroatoms. The molecule has 0 saturated carbocycles. The fourth-order valence-corrected chi connectivity index (χ4v) is 2.52. The number of nitrogens with one attached hydrogen (secondary N) is 1. The molecule has 0 fully saturated rings. The zero-order chi connectivity index (χ0) is 12.0. The van der Waals surface area contributed by atoms with Crippen LogP contribution in [0.25, 0.3) is 0 Å². The minimum atomic E-state index is 0.528. The monoisotopic (exact) mass is 257 g/mol. The Morgan fingerprint density at radius 1 is 1.25 bits per heavy atom. The van der Waals surface area contributed by atoms with Gasteiger partial charge >= 0.3 is 0 Å². The summed E-state index contributed by atoms with van der Waals surface area (Å²) >= 11 is 7.75. The van der Waals surface area contributed by atoms with E-state index in [0.29, 0.717) is 11.3 Å². The number of benzene rings is 1. The third kappa shape index (κ3) is 4.77. The van der Waals surface area contributed by atoms with Crippen molar-refractivity contribution in [1.29, 1.82) is 0 Å². The summed E-state index contributed by atoms with van der Waals surface area (Å²) in [6.07, 6.45) is 1.18. The first-order valence-corrected chi connectivity index (χ1v) is 7.05. The highest BCUT2D eigenvalue weighted by atomic mass is 35.5. The van der Waals surface area contributed by atoms with E-state index in [1.165, 1.54) is 11.3 Å². The van der Waals surface area contributed by atoms with Gasteiger partial charge in [0, 0.05) is 21.2 Å². The average molecular weight is 258 g/mol. The molecular weight excluding hydrogens is 238 g/mol. The van der Waals surface area contributed by atoms with E-state index in [1.807, 2.05) is 23.9 Å². The van der Waals surface area contributed by atoms with Crippen molar-refractivity contribution < 1.29 is 0 Å². The van der Waals surface area contributed by atoms with Crippen LogP contribution in [0.5, 0.6) is 0 Å². The van der Waals surface area contributed by atoms with E-state index in [2.05, 4.69) is 38.2 Å². The Kier molecular flexibility index (Phi) is 6.25. The summed E-state index contributed by atoms with van der Waals surface area (Å²) in [5.74, 6) is 0. The third-order valence-electron chi connectivity index (χ3n) is 2.56. The maximum Gasteiger partial charge on any atom is 0.0406 e. The van der Waals surface area contributed by atoms with E-state index in [0.717, 1.165) is 11.6 Å². The van der Waals surface area contributed by atoms with Crippen LogP contribution in [-0.2, 0) is 0 Å². The van der Waals surface area contributed by atoms with Gasteiger partial charge < -0.3 is 5.32 Å². The third-order valence-corrected chi connectivity index (χ3v) is 4.13. The Balaban J connectivity index is 2.43. The van der Waals surface area contributed by atoms with Crippen molar-refractivity contribution in [3.8, 4) is 0 Å². The van der Waals surface area contributed by atoms with Crippen molar-refractivity contribution >= 4 is 23.4 Å². The second-order valence-corrected chi connectivity index (χ2v) is 5.91. The first kappa shape index (κ1) is 13.9. The molecule has 0 bridgehead atoms. The first-order chi connectivity index (χ1) is 7.63. The van der Waals surface area contributed by atoms with Crippen LogP contribution in [0.2, 0.25) is 5.02 Å². The summed E-state index contributed by atoms with van der Waals surface area (Å²) in [6.45, 7) is 7.78. The Labute approximate surface area is 108 Å². The molecule has 1 aromatic rings. The van der Waals surface area contributed by atoms with Crippen molar-refractivity contribution in [2.24, 2.45) is 0 Å². The highest BCUT2D eigenvalue weighted by Gasteiger charge is 2.12. The van der Waals surface area contributed by atoms with Crippen molar-refractivity contribution in [3.05, 3.63) is 29.3 Å². The standard InChI is InChI=1S/C13H20ClNS/c1-4-9-15-10(2)11(3)16-13-7-5-12(14)6-8-13/h5-8,10-11,15H,4,9H2,1-3H3. The molecule has 1 nitrogen and oxygen atoms in total. The van der Waals surface area contributed by atoms with Crippen molar-refractivity contribution in [3.63, 3.8) is 0 Å². The maximum absolute atomic E-state index is 5.86. The van der Waals surface area contributed by atoms with Crippen molar-refractivity contribution in [2.45, 2.75) is 43.4 Å². The zero-order valence-corrected chi connectivity index (χ0v) is 11.7. The molecule has 0 radical (unpaired) electrons. The Bertz CT molecular complexity index is 299. The summed E-state index contributed by atoms with van der Waals surface area (Å²) in [6, 6.07) is 8.58. The van der Waals surface area contributed by atoms with Crippen LogP contribution in [0.1, 0.15) is 27.2 Å². The highest BCUT2D eigenvalue weighted by Crippen LogP contribution is 2.26. The van der Waals surface area contributed by atoms with Gasteiger partial charge in [0.1, 0.15) is 0 Å². The van der Waals surface area contributed by atoms with Gasteiger partial charge in [-0.1, -0.05) is 25.4 Å². The highest BCUT2D eigenvalue weighted by molar-refractivity contribution is 8.00. The molecule has 2 unspecified atom stereocenters. The second kappa shape index (κ2) is 7.21. The fourth-order valence-electron chi connectivity index (χ4n) is 1.37. The number of hydrogen-bond donors (Lipinski definition) is 1. The minimum Gasteiger partial charge on any atom is -0.313 e. The smallest absolute Gasteiger partial charge is 0.0406 e. The quantitative estimate of drug-likeness (QED) is 0.767. The molecular formula is C13H20ClNS. The van der Waals surface area contributed by atoms with Crippen LogP contribution in [0, 0.1) is 0 Å². The van der Waals surface area contributed by atoms with Gasteiger partial charge in [-0.25, -0.2) is 0 Å². The average Bonchev–Trinajstić information content (AvgIpc) is 2.29. The van der Waals surface area contributed by atoms with Gasteiger partial charge in [-0.15, -0.1) is 11.8 Å². The summed E-state index contributed by atoms with van der Waals surface area (Å²) in [5, 5.41) is 4.88. The molecule has 0 amide bonds. The number of rotatable bonds is 6. The van der Waals surface area contributed by atoms with Gasteiger partial charge in [-0.3, -0.25) is 0 Å². The number of halogens is 1. The van der Waals surface area contributed by atoms with E-state index >= 15 is 0 Å². The van der Waals surface area contributed by atoms with Crippen molar-refractivity contribution in [1.82, 2.24) is 5.32 Å². The lowest BCUT2D eigenvalue weighted by molar-refractivity contribution is 0.542. The van der Waals surface area contributed by atoms with Gasteiger partial charge in [-0.05, 0) is 44.2 Å². The molecule has 0 spiro atoms. The minimum absolute atomic E-state index is 0.528. The van der Waals surface area contributed by atoms with Gasteiger partial charge in [0.2, 0.25) is 0 Å². The molecule has 0 aliphatic heterocycles. The summed E-state index contributed by atoms with van der Waals surface area (Å²) in [7, 11) is 0. The molecule has 0 heterocycles. The molecule has 90 valence electrons. The van der Waals surface area contributed by atoms with E-state index in [-0.39, 0.29) is 0 Å². The molecule has 0 aromatic heterocycles. The first-order valence-electron chi connectivity index (χ1n) is 5.79. The van der Waals surface area contributed by atoms with Crippen LogP contribution in [0.4, 0.5) is 0 Å². The molecule has 1 N–H and O–H groups in total. The summed E-state index contributed by atoms with van der Waals surface area (Å²) in [5.41, 5.74) is 0. The van der Waals surface area contributed by atoms with Crippen LogP contribution >= 0.6 is 23.4 Å². The van der Waals surface area contributed by atoms with Crippen LogP contribution in [0.15, 0.2) is 29.2 Å². The predicted molar refractivity (Wildman–Crippen MR) is 74.5 cm³/mol. The molecule has 0 aliphatic rings. The maximum atomic E-state index is 5.86. The lowest BCUT2D eigenvalue weighted by Gasteiger charge is -2.20. The second-order valence-electron chi connectivity index (χ2n) is 4.02. The lowest BCUT2D eigenvalue weighted by Crippen LogP contribution is -2.34. The zero-order valence-electron chi connectivity index (χ0n) is 10.2. The van der Waals surface area contributed by atoms with E-state index in [4.69, 9.17) is 11.6 Å².